The van der Waals surface area contributed by atoms with Gasteiger partial charge in [-0.3, -0.25) is 14.4 Å². The molecule has 4 N–H and O–H groups in total. The van der Waals surface area contributed by atoms with Gasteiger partial charge < -0.3 is 26.0 Å². The molecule has 2 saturated heterocycles. The van der Waals surface area contributed by atoms with Gasteiger partial charge in [-0.2, -0.15) is 0 Å². The summed E-state index contributed by atoms with van der Waals surface area (Å²) in [6.45, 7) is 3.17. The minimum absolute atomic E-state index is 0.0652. The molecule has 10 nitrogen and oxygen atoms in total. The molecule has 0 aliphatic carbocycles. The van der Waals surface area contributed by atoms with Gasteiger partial charge in [-0.25, -0.2) is 9.97 Å². The number of hydrogen-bond donors (Lipinski definition) is 4. The Morgan fingerprint density at radius 3 is 2.38 bits per heavy atom. The van der Waals surface area contributed by atoms with Gasteiger partial charge in [-0.15, -0.1) is 0 Å². The number of nitrogens with one attached hydrogen (secondary N) is 3. The first-order valence-corrected chi connectivity index (χ1v) is 13.8. The Balaban J connectivity index is 1.26. The van der Waals surface area contributed by atoms with Crippen molar-refractivity contribution >= 4 is 23.3 Å². The van der Waals surface area contributed by atoms with Gasteiger partial charge in [0.25, 0.3) is 11.8 Å². The second kappa shape index (κ2) is 12.7. The van der Waals surface area contributed by atoms with Crippen molar-refractivity contribution in [3.63, 3.8) is 0 Å². The number of ketones is 1. The van der Waals surface area contributed by atoms with E-state index in [2.05, 4.69) is 30.8 Å². The Kier molecular flexibility index (Phi) is 8.65. The Bertz CT molecular complexity index is 1340. The molecule has 2 amide bonds. The molecule has 40 heavy (non-hydrogen) atoms. The predicted molar refractivity (Wildman–Crippen MR) is 151 cm³/mol. The van der Waals surface area contributed by atoms with E-state index in [9.17, 15) is 19.5 Å². The lowest BCUT2D eigenvalue weighted by molar-refractivity contribution is 0.0880. The van der Waals surface area contributed by atoms with Gasteiger partial charge in [0.2, 0.25) is 0 Å². The zero-order chi connectivity index (χ0) is 27.9. The highest BCUT2D eigenvalue weighted by Crippen LogP contribution is 2.28. The van der Waals surface area contributed by atoms with Gasteiger partial charge in [0.15, 0.2) is 5.78 Å². The maximum atomic E-state index is 13.3. The first-order valence-electron chi connectivity index (χ1n) is 13.8. The van der Waals surface area contributed by atoms with Gasteiger partial charge in [0, 0.05) is 42.6 Å². The predicted octanol–water partition coefficient (Wildman–Crippen LogP) is 2.68. The molecule has 3 aromatic rings. The number of phenolic OH excluding ortho intramolecular Hbond substituents is 1. The molecule has 0 radical (unpaired) electrons. The zero-order valence-electron chi connectivity index (χ0n) is 22.3. The van der Waals surface area contributed by atoms with Crippen LogP contribution in [0, 0.1) is 0 Å². The largest absolute Gasteiger partial charge is 0.507 e. The Morgan fingerprint density at radius 1 is 0.875 bits per heavy atom. The quantitative estimate of drug-likeness (QED) is 0.335. The third-order valence-corrected chi connectivity index (χ3v) is 7.52. The maximum absolute atomic E-state index is 13.3. The van der Waals surface area contributed by atoms with Crippen LogP contribution in [0.25, 0.3) is 0 Å². The average Bonchev–Trinajstić information content (AvgIpc) is 3.22. The molecule has 0 unspecified atom stereocenters. The Labute approximate surface area is 233 Å². The lowest BCUT2D eigenvalue weighted by Gasteiger charge is -2.29. The zero-order valence-corrected chi connectivity index (χ0v) is 22.3. The first-order chi connectivity index (χ1) is 19.5. The minimum atomic E-state index is -0.329. The molecule has 1 aromatic heterocycles. The van der Waals surface area contributed by atoms with Gasteiger partial charge in [0.1, 0.15) is 17.8 Å². The number of amides is 2. The highest BCUT2D eigenvalue weighted by Gasteiger charge is 2.28. The molecule has 3 heterocycles. The number of phenols is 1. The monoisotopic (exact) mass is 542 g/mol. The molecule has 5 rings (SSSR count). The summed E-state index contributed by atoms with van der Waals surface area (Å²) >= 11 is 0. The van der Waals surface area contributed by atoms with E-state index in [1.807, 2.05) is 6.07 Å². The van der Waals surface area contributed by atoms with E-state index in [0.29, 0.717) is 24.1 Å². The molecule has 208 valence electrons. The molecule has 10 heteroatoms. The van der Waals surface area contributed by atoms with E-state index in [-0.39, 0.29) is 46.7 Å². The van der Waals surface area contributed by atoms with Crippen molar-refractivity contribution in [2.45, 2.75) is 44.2 Å². The molecular weight excluding hydrogens is 508 g/mol. The summed E-state index contributed by atoms with van der Waals surface area (Å²) in [5, 5.41) is 19.8. The molecule has 2 aromatic carbocycles. The first kappa shape index (κ1) is 27.3. The van der Waals surface area contributed by atoms with Crippen molar-refractivity contribution in [2.75, 3.05) is 31.1 Å². The number of piperidine rings is 1. The summed E-state index contributed by atoms with van der Waals surface area (Å²) in [6, 6.07) is 12.5. The third kappa shape index (κ3) is 6.45. The van der Waals surface area contributed by atoms with Crippen LogP contribution < -0.4 is 20.9 Å². The van der Waals surface area contributed by atoms with Crippen LogP contribution in [0.5, 0.6) is 5.75 Å². The van der Waals surface area contributed by atoms with Gasteiger partial charge in [-0.05, 0) is 75.0 Å². The summed E-state index contributed by atoms with van der Waals surface area (Å²) in [6.07, 6.45) is 7.79. The lowest BCUT2D eigenvalue weighted by atomic mass is 9.99. The number of benzene rings is 2. The van der Waals surface area contributed by atoms with Gasteiger partial charge in [-0.1, -0.05) is 12.1 Å². The number of rotatable bonds is 7. The summed E-state index contributed by atoms with van der Waals surface area (Å²) in [5.74, 6) is -0.983. The number of carbonyl (C=O) groups excluding carboxylic acids is 3. The smallest absolute Gasteiger partial charge is 0.270 e. The second-order valence-corrected chi connectivity index (χ2v) is 10.3. The summed E-state index contributed by atoms with van der Waals surface area (Å²) in [7, 11) is 0. The van der Waals surface area contributed by atoms with Crippen molar-refractivity contribution in [1.29, 1.82) is 0 Å². The molecule has 2 aliphatic heterocycles. The molecule has 0 saturated carbocycles. The topological polar surface area (TPSA) is 137 Å². The van der Waals surface area contributed by atoms with Crippen molar-refractivity contribution < 1.29 is 19.5 Å². The van der Waals surface area contributed by atoms with Crippen LogP contribution in [0.2, 0.25) is 0 Å². The number of aromatic hydroxyl groups is 1. The Hall–Kier alpha value is -4.31. The van der Waals surface area contributed by atoms with E-state index < -0.39 is 0 Å². The van der Waals surface area contributed by atoms with Crippen molar-refractivity contribution in [3.05, 3.63) is 83.4 Å². The summed E-state index contributed by atoms with van der Waals surface area (Å²) in [4.78, 5) is 49.2. The van der Waals surface area contributed by atoms with Crippen LogP contribution in [-0.4, -0.2) is 70.9 Å². The third-order valence-electron chi connectivity index (χ3n) is 7.52. The number of aromatic nitrogens is 2. The van der Waals surface area contributed by atoms with E-state index in [1.165, 1.54) is 18.9 Å². The average molecular weight is 543 g/mol. The summed E-state index contributed by atoms with van der Waals surface area (Å²) in [5.41, 5.74) is 2.22. The van der Waals surface area contributed by atoms with Crippen molar-refractivity contribution in [1.82, 2.24) is 25.9 Å². The molecule has 0 bridgehead atoms. The van der Waals surface area contributed by atoms with Crippen LogP contribution in [0.3, 0.4) is 0 Å². The fourth-order valence-electron chi connectivity index (χ4n) is 5.27. The van der Waals surface area contributed by atoms with Crippen LogP contribution in [0.4, 0.5) is 5.69 Å². The fraction of sp³-hybridized carbons (Fsp3) is 0.367. The summed E-state index contributed by atoms with van der Waals surface area (Å²) < 4.78 is 0. The number of hydrogen-bond acceptors (Lipinski definition) is 8. The highest BCUT2D eigenvalue weighted by atomic mass is 16.3. The fourth-order valence-corrected chi connectivity index (χ4v) is 5.27. The van der Waals surface area contributed by atoms with Crippen LogP contribution in [0.1, 0.15) is 68.9 Å². The molecule has 2 fully saturated rings. The standard InChI is InChI=1S/C30H34N6O4/c37-27-11-10-22(36-15-2-1-3-16-36)17-23(27)28(38)20-6-8-21(9-7-20)29(39)34-24-5-4-13-31-18-26(24)35-30(40)25-12-14-32-19-33-25/h6-12,14,17,19,24,26,31,37H,1-5,13,15-16,18H2,(H,34,39)(H,35,40)/t24-,26-/m1/s1. The number of anilines is 1. The molecular formula is C30H34N6O4. The molecule has 0 spiro atoms. The van der Waals surface area contributed by atoms with Gasteiger partial charge >= 0.3 is 0 Å². The number of carbonyl (C=O) groups is 3. The SMILES string of the molecule is O=C(N[C@@H]1CCCNC[C@H]1NC(=O)c1ccncn1)c1ccc(C(=O)c2cc(N3CCCCC3)ccc2O)cc1. The van der Waals surface area contributed by atoms with Crippen LogP contribution >= 0.6 is 0 Å². The minimum Gasteiger partial charge on any atom is -0.507 e. The normalized spacial score (nSPS) is 19.4. The second-order valence-electron chi connectivity index (χ2n) is 10.3. The molecule has 2 aliphatic rings. The lowest BCUT2D eigenvalue weighted by Crippen LogP contribution is -2.54. The Morgan fingerprint density at radius 2 is 1.62 bits per heavy atom. The van der Waals surface area contributed by atoms with E-state index in [4.69, 9.17) is 0 Å². The van der Waals surface area contributed by atoms with Crippen LogP contribution in [-0.2, 0) is 0 Å². The van der Waals surface area contributed by atoms with Crippen molar-refractivity contribution in [3.8, 4) is 5.75 Å². The molecule has 2 atom stereocenters. The number of nitrogens with zero attached hydrogens (tertiary/aromatic N) is 3. The van der Waals surface area contributed by atoms with E-state index in [1.54, 1.807) is 42.5 Å². The van der Waals surface area contributed by atoms with Crippen molar-refractivity contribution in [2.24, 2.45) is 0 Å². The van der Waals surface area contributed by atoms with Crippen LogP contribution in [0.15, 0.2) is 61.1 Å². The van der Waals surface area contributed by atoms with Gasteiger partial charge in [0.05, 0.1) is 17.6 Å². The highest BCUT2D eigenvalue weighted by molar-refractivity contribution is 6.11. The van der Waals surface area contributed by atoms with E-state index in [0.717, 1.165) is 44.6 Å². The maximum Gasteiger partial charge on any atom is 0.270 e. The van der Waals surface area contributed by atoms with E-state index >= 15 is 0 Å².